The van der Waals surface area contributed by atoms with E-state index >= 15 is 0 Å². The topological polar surface area (TPSA) is 30.3 Å². The Bertz CT molecular complexity index is 423. The molecule has 1 spiro atoms. The highest BCUT2D eigenvalue weighted by molar-refractivity contribution is 5.41. The van der Waals surface area contributed by atoms with Gasteiger partial charge in [-0.2, -0.15) is 5.10 Å². The van der Waals surface area contributed by atoms with Crippen LogP contribution in [0.4, 0.5) is 5.69 Å². The molecule has 3 rings (SSSR count). The van der Waals surface area contributed by atoms with Crippen LogP contribution in [0.5, 0.6) is 0 Å². The first-order valence-electron chi connectivity index (χ1n) is 7.54. The summed E-state index contributed by atoms with van der Waals surface area (Å²) in [5, 5.41) is 4.23. The molecule has 1 aromatic heterocycles. The van der Waals surface area contributed by atoms with E-state index in [1.807, 2.05) is 17.9 Å². The minimum absolute atomic E-state index is 0.235. The molecule has 0 radical (unpaired) electrons. The molecule has 1 aliphatic carbocycles. The first-order valence-corrected chi connectivity index (χ1v) is 7.54. The van der Waals surface area contributed by atoms with Crippen LogP contribution in [-0.4, -0.2) is 35.1 Å². The van der Waals surface area contributed by atoms with E-state index in [4.69, 9.17) is 4.74 Å². The van der Waals surface area contributed by atoms with Gasteiger partial charge in [-0.25, -0.2) is 0 Å². The number of likely N-dealkylation sites (N-methyl/N-ethyl adjacent to an activating group) is 1. The Hall–Kier alpha value is -1.03. The Morgan fingerprint density at radius 3 is 2.84 bits per heavy atom. The Balaban J connectivity index is 1.56. The van der Waals surface area contributed by atoms with E-state index in [0.29, 0.717) is 6.10 Å². The SMILES string of the molecule is CN(CC1CCC2(CCCCC2)O1)c1cnn(C)c1. The average Bonchev–Trinajstić information content (AvgIpc) is 2.98. The molecule has 1 aromatic rings. The van der Waals surface area contributed by atoms with Gasteiger partial charge in [0.15, 0.2) is 0 Å². The zero-order valence-corrected chi connectivity index (χ0v) is 12.1. The van der Waals surface area contributed by atoms with Gasteiger partial charge in [-0.15, -0.1) is 0 Å². The summed E-state index contributed by atoms with van der Waals surface area (Å²) in [5.74, 6) is 0. The second-order valence-electron chi connectivity index (χ2n) is 6.27. The summed E-state index contributed by atoms with van der Waals surface area (Å²) in [4.78, 5) is 2.26. The number of aryl methyl sites for hydroxylation is 1. The quantitative estimate of drug-likeness (QED) is 0.840. The van der Waals surface area contributed by atoms with E-state index in [-0.39, 0.29) is 5.60 Å². The Labute approximate surface area is 115 Å². The minimum Gasteiger partial charge on any atom is -0.370 e. The van der Waals surface area contributed by atoms with Gasteiger partial charge >= 0.3 is 0 Å². The van der Waals surface area contributed by atoms with Crippen molar-refractivity contribution < 1.29 is 4.74 Å². The smallest absolute Gasteiger partial charge is 0.0758 e. The highest BCUT2D eigenvalue weighted by atomic mass is 16.5. The summed E-state index contributed by atoms with van der Waals surface area (Å²) in [6, 6.07) is 0. The van der Waals surface area contributed by atoms with Crippen LogP contribution in [0.2, 0.25) is 0 Å². The molecule has 0 N–H and O–H groups in total. The van der Waals surface area contributed by atoms with E-state index in [2.05, 4.69) is 23.2 Å². The number of anilines is 1. The molecular weight excluding hydrogens is 238 g/mol. The summed E-state index contributed by atoms with van der Waals surface area (Å²) in [7, 11) is 4.09. The third kappa shape index (κ3) is 2.78. The van der Waals surface area contributed by atoms with Gasteiger partial charge in [0.05, 0.1) is 23.6 Å². The van der Waals surface area contributed by atoms with Crippen LogP contribution >= 0.6 is 0 Å². The Kier molecular flexibility index (Phi) is 3.52. The molecule has 4 nitrogen and oxygen atoms in total. The average molecular weight is 263 g/mol. The van der Waals surface area contributed by atoms with Crippen LogP contribution in [0.1, 0.15) is 44.9 Å². The standard InChI is InChI=1S/C15H25N3O/c1-17(13-10-16-18(2)11-13)12-14-6-9-15(19-14)7-4-3-5-8-15/h10-11,14H,3-9,12H2,1-2H3. The predicted octanol–water partition coefficient (Wildman–Crippen LogP) is 2.74. The second-order valence-corrected chi connectivity index (χ2v) is 6.27. The fourth-order valence-electron chi connectivity index (χ4n) is 3.60. The van der Waals surface area contributed by atoms with Crippen molar-refractivity contribution in [3.63, 3.8) is 0 Å². The lowest BCUT2D eigenvalue weighted by atomic mass is 9.83. The van der Waals surface area contributed by atoms with Gasteiger partial charge in [0.2, 0.25) is 0 Å². The van der Waals surface area contributed by atoms with Crippen LogP contribution in [0.3, 0.4) is 0 Å². The summed E-state index contributed by atoms with van der Waals surface area (Å²) >= 11 is 0. The Morgan fingerprint density at radius 1 is 1.37 bits per heavy atom. The molecule has 2 fully saturated rings. The minimum atomic E-state index is 0.235. The van der Waals surface area contributed by atoms with Gasteiger partial charge in [-0.3, -0.25) is 4.68 Å². The summed E-state index contributed by atoms with van der Waals surface area (Å²) in [6.45, 7) is 0.980. The lowest BCUT2D eigenvalue weighted by Gasteiger charge is -2.34. The van der Waals surface area contributed by atoms with E-state index in [1.165, 1.54) is 50.6 Å². The van der Waals surface area contributed by atoms with E-state index in [0.717, 1.165) is 6.54 Å². The van der Waals surface area contributed by atoms with Crippen molar-refractivity contribution in [2.45, 2.75) is 56.7 Å². The van der Waals surface area contributed by atoms with Crippen LogP contribution in [-0.2, 0) is 11.8 Å². The second kappa shape index (κ2) is 5.16. The number of hydrogen-bond acceptors (Lipinski definition) is 3. The van der Waals surface area contributed by atoms with Gasteiger partial charge in [-0.05, 0) is 25.7 Å². The molecule has 1 atom stereocenters. The number of nitrogens with zero attached hydrogens (tertiary/aromatic N) is 3. The maximum absolute atomic E-state index is 6.42. The summed E-state index contributed by atoms with van der Waals surface area (Å²) in [5.41, 5.74) is 1.41. The molecule has 0 amide bonds. The van der Waals surface area contributed by atoms with Crippen LogP contribution in [0.15, 0.2) is 12.4 Å². The van der Waals surface area contributed by atoms with Crippen LogP contribution in [0, 0.1) is 0 Å². The van der Waals surface area contributed by atoms with Crippen LogP contribution < -0.4 is 4.90 Å². The fraction of sp³-hybridized carbons (Fsp3) is 0.800. The lowest BCUT2D eigenvalue weighted by Crippen LogP contribution is -2.35. The first kappa shape index (κ1) is 13.0. The van der Waals surface area contributed by atoms with Crippen molar-refractivity contribution in [2.75, 3.05) is 18.5 Å². The third-order valence-electron chi connectivity index (χ3n) is 4.71. The molecule has 1 saturated heterocycles. The van der Waals surface area contributed by atoms with Crippen molar-refractivity contribution in [1.29, 1.82) is 0 Å². The molecule has 19 heavy (non-hydrogen) atoms. The fourth-order valence-corrected chi connectivity index (χ4v) is 3.60. The van der Waals surface area contributed by atoms with Crippen molar-refractivity contribution in [3.05, 3.63) is 12.4 Å². The lowest BCUT2D eigenvalue weighted by molar-refractivity contribution is -0.0602. The molecule has 1 unspecified atom stereocenters. The highest BCUT2D eigenvalue weighted by Gasteiger charge is 2.40. The molecule has 106 valence electrons. The molecular formula is C15H25N3O. The van der Waals surface area contributed by atoms with E-state index in [1.54, 1.807) is 0 Å². The van der Waals surface area contributed by atoms with Crippen molar-refractivity contribution in [1.82, 2.24) is 9.78 Å². The number of rotatable bonds is 3. The molecule has 1 saturated carbocycles. The van der Waals surface area contributed by atoms with Gasteiger partial charge in [0, 0.05) is 26.8 Å². The number of ether oxygens (including phenoxy) is 1. The maximum atomic E-state index is 6.42. The third-order valence-corrected chi connectivity index (χ3v) is 4.71. The van der Waals surface area contributed by atoms with Crippen molar-refractivity contribution >= 4 is 5.69 Å². The highest BCUT2D eigenvalue weighted by Crippen LogP contribution is 2.42. The summed E-state index contributed by atoms with van der Waals surface area (Å²) in [6.07, 6.45) is 13.5. The zero-order valence-electron chi connectivity index (χ0n) is 12.1. The molecule has 4 heteroatoms. The number of hydrogen-bond donors (Lipinski definition) is 0. The Morgan fingerprint density at radius 2 is 2.16 bits per heavy atom. The van der Waals surface area contributed by atoms with Gasteiger partial charge in [0.25, 0.3) is 0 Å². The molecule has 2 aliphatic rings. The normalized spacial score (nSPS) is 25.9. The maximum Gasteiger partial charge on any atom is 0.0758 e. The number of aromatic nitrogens is 2. The van der Waals surface area contributed by atoms with Crippen molar-refractivity contribution in [2.24, 2.45) is 7.05 Å². The summed E-state index contributed by atoms with van der Waals surface area (Å²) < 4.78 is 8.27. The van der Waals surface area contributed by atoms with Crippen LogP contribution in [0.25, 0.3) is 0 Å². The van der Waals surface area contributed by atoms with E-state index < -0.39 is 0 Å². The monoisotopic (exact) mass is 263 g/mol. The van der Waals surface area contributed by atoms with Gasteiger partial charge in [0.1, 0.15) is 0 Å². The molecule has 2 heterocycles. The van der Waals surface area contributed by atoms with Gasteiger partial charge in [-0.1, -0.05) is 19.3 Å². The largest absolute Gasteiger partial charge is 0.370 e. The molecule has 1 aliphatic heterocycles. The van der Waals surface area contributed by atoms with Crippen molar-refractivity contribution in [3.8, 4) is 0 Å². The van der Waals surface area contributed by atoms with E-state index in [9.17, 15) is 0 Å². The molecule has 0 aromatic carbocycles. The zero-order chi connectivity index (χ0) is 13.3. The molecule has 0 bridgehead atoms. The first-order chi connectivity index (χ1) is 9.17. The van der Waals surface area contributed by atoms with Gasteiger partial charge < -0.3 is 9.64 Å². The predicted molar refractivity (Wildman–Crippen MR) is 76.4 cm³/mol.